The third-order valence-electron chi connectivity index (χ3n) is 3.37. The van der Waals surface area contributed by atoms with Crippen LogP contribution in [0.15, 0.2) is 29.4 Å². The zero-order valence-corrected chi connectivity index (χ0v) is 12.9. The molecule has 1 fully saturated rings. The van der Waals surface area contributed by atoms with Gasteiger partial charge in [0.15, 0.2) is 5.82 Å². The second kappa shape index (κ2) is 5.89. The van der Waals surface area contributed by atoms with Gasteiger partial charge in [0.05, 0.1) is 5.25 Å². The minimum Gasteiger partial charge on any atom is -0.352 e. The molecular weight excluding hydrogens is 284 g/mol. The van der Waals surface area contributed by atoms with Gasteiger partial charge in [0, 0.05) is 11.6 Å². The first-order valence-corrected chi connectivity index (χ1v) is 7.96. The molecule has 2 aromatic rings. The number of thioether (sulfide) groups is 1. The van der Waals surface area contributed by atoms with Gasteiger partial charge in [0.1, 0.15) is 0 Å². The molecule has 1 saturated carbocycles. The highest BCUT2D eigenvalue weighted by Crippen LogP contribution is 2.24. The number of nitrogens with zero attached hydrogens (tertiary/aromatic N) is 2. The summed E-state index contributed by atoms with van der Waals surface area (Å²) in [5, 5.41) is 10.5. The van der Waals surface area contributed by atoms with Crippen LogP contribution in [0, 0.1) is 6.92 Å². The van der Waals surface area contributed by atoms with E-state index in [1.165, 1.54) is 17.3 Å². The van der Waals surface area contributed by atoms with Crippen LogP contribution in [0.3, 0.4) is 0 Å². The number of aryl methyl sites for hydroxylation is 1. The lowest BCUT2D eigenvalue weighted by atomic mass is 10.1. The number of benzene rings is 1. The number of nitrogens with one attached hydrogen (secondary N) is 2. The van der Waals surface area contributed by atoms with Crippen LogP contribution in [0.25, 0.3) is 11.4 Å². The zero-order valence-electron chi connectivity index (χ0n) is 12.1. The van der Waals surface area contributed by atoms with Crippen molar-refractivity contribution in [3.8, 4) is 11.4 Å². The van der Waals surface area contributed by atoms with Gasteiger partial charge in [0.25, 0.3) is 0 Å². The van der Waals surface area contributed by atoms with E-state index in [1.54, 1.807) is 0 Å². The molecule has 110 valence electrons. The molecule has 2 N–H and O–H groups in total. The van der Waals surface area contributed by atoms with Crippen LogP contribution in [-0.2, 0) is 4.79 Å². The fourth-order valence-electron chi connectivity index (χ4n) is 1.90. The summed E-state index contributed by atoms with van der Waals surface area (Å²) in [6.45, 7) is 3.93. The Hall–Kier alpha value is -1.82. The zero-order chi connectivity index (χ0) is 14.8. The Kier molecular flexibility index (Phi) is 3.96. The van der Waals surface area contributed by atoms with Gasteiger partial charge >= 0.3 is 0 Å². The Bertz CT molecular complexity index is 633. The van der Waals surface area contributed by atoms with Crippen LogP contribution in [-0.4, -0.2) is 32.4 Å². The van der Waals surface area contributed by atoms with Crippen LogP contribution in [0.1, 0.15) is 25.3 Å². The minimum atomic E-state index is -0.188. The Morgan fingerprint density at radius 2 is 2.10 bits per heavy atom. The first-order valence-electron chi connectivity index (χ1n) is 7.08. The summed E-state index contributed by atoms with van der Waals surface area (Å²) in [7, 11) is 0. The molecule has 1 atom stereocenters. The normalized spacial score (nSPS) is 15.7. The van der Waals surface area contributed by atoms with E-state index in [1.807, 2.05) is 38.1 Å². The second-order valence-electron chi connectivity index (χ2n) is 5.38. The van der Waals surface area contributed by atoms with E-state index in [4.69, 9.17) is 0 Å². The summed E-state index contributed by atoms with van der Waals surface area (Å²) in [4.78, 5) is 16.4. The number of carbonyl (C=O) groups excluding carboxylic acids is 1. The molecule has 0 radical (unpaired) electrons. The van der Waals surface area contributed by atoms with E-state index in [0.29, 0.717) is 11.2 Å². The molecular formula is C15H18N4OS. The fourth-order valence-corrected chi connectivity index (χ4v) is 2.63. The van der Waals surface area contributed by atoms with Gasteiger partial charge in [-0.05, 0) is 26.7 Å². The summed E-state index contributed by atoms with van der Waals surface area (Å²) in [5.41, 5.74) is 2.20. The van der Waals surface area contributed by atoms with Crippen LogP contribution in [0.5, 0.6) is 0 Å². The summed E-state index contributed by atoms with van der Waals surface area (Å²) >= 11 is 1.37. The van der Waals surface area contributed by atoms with Crippen molar-refractivity contribution in [3.05, 3.63) is 29.8 Å². The molecule has 3 rings (SSSR count). The van der Waals surface area contributed by atoms with E-state index in [-0.39, 0.29) is 11.2 Å². The van der Waals surface area contributed by atoms with Gasteiger partial charge in [-0.3, -0.25) is 9.89 Å². The van der Waals surface area contributed by atoms with Crippen molar-refractivity contribution in [1.82, 2.24) is 20.5 Å². The number of hydrogen-bond donors (Lipinski definition) is 2. The first kappa shape index (κ1) is 14.1. The van der Waals surface area contributed by atoms with Crippen LogP contribution in [0.2, 0.25) is 0 Å². The van der Waals surface area contributed by atoms with E-state index >= 15 is 0 Å². The summed E-state index contributed by atoms with van der Waals surface area (Å²) in [6, 6.07) is 8.48. The molecule has 0 saturated heterocycles. The predicted molar refractivity (Wildman–Crippen MR) is 83.0 cm³/mol. The van der Waals surface area contributed by atoms with Gasteiger partial charge < -0.3 is 5.32 Å². The smallest absolute Gasteiger partial charge is 0.233 e. The monoisotopic (exact) mass is 302 g/mol. The molecule has 1 aromatic carbocycles. The van der Waals surface area contributed by atoms with Crippen molar-refractivity contribution in [2.45, 2.75) is 43.1 Å². The lowest BCUT2D eigenvalue weighted by Gasteiger charge is -2.08. The Balaban J connectivity index is 1.64. The van der Waals surface area contributed by atoms with E-state index in [0.717, 1.165) is 24.2 Å². The number of amides is 1. The lowest BCUT2D eigenvalue weighted by Crippen LogP contribution is -2.32. The molecule has 1 heterocycles. The summed E-state index contributed by atoms with van der Waals surface area (Å²) in [5.74, 6) is 0.788. The second-order valence-corrected chi connectivity index (χ2v) is 6.68. The van der Waals surface area contributed by atoms with Gasteiger partial charge in [-0.1, -0.05) is 41.6 Å². The Morgan fingerprint density at radius 1 is 1.38 bits per heavy atom. The van der Waals surface area contributed by atoms with Crippen LogP contribution < -0.4 is 5.32 Å². The largest absolute Gasteiger partial charge is 0.352 e. The van der Waals surface area contributed by atoms with Crippen molar-refractivity contribution >= 4 is 17.7 Å². The van der Waals surface area contributed by atoms with Crippen LogP contribution >= 0.6 is 11.8 Å². The molecule has 5 nitrogen and oxygen atoms in total. The number of H-pyrrole nitrogens is 1. The van der Waals surface area contributed by atoms with Crippen molar-refractivity contribution < 1.29 is 4.79 Å². The van der Waals surface area contributed by atoms with Gasteiger partial charge in [0.2, 0.25) is 11.1 Å². The van der Waals surface area contributed by atoms with Crippen molar-refractivity contribution in [1.29, 1.82) is 0 Å². The van der Waals surface area contributed by atoms with Crippen molar-refractivity contribution in [3.63, 3.8) is 0 Å². The minimum absolute atomic E-state index is 0.0594. The SMILES string of the molecule is Cc1ccc(-c2nc(S[C@@H](C)C(=O)NC3CC3)n[nH]2)cc1. The molecule has 0 bridgehead atoms. The Labute approximate surface area is 127 Å². The van der Waals surface area contributed by atoms with E-state index in [9.17, 15) is 4.79 Å². The third-order valence-corrected chi connectivity index (χ3v) is 4.33. The van der Waals surface area contributed by atoms with Gasteiger partial charge in [-0.15, -0.1) is 5.10 Å². The maximum Gasteiger partial charge on any atom is 0.233 e. The fraction of sp³-hybridized carbons (Fsp3) is 0.400. The summed E-state index contributed by atoms with van der Waals surface area (Å²) in [6.07, 6.45) is 2.20. The standard InChI is InChI=1S/C15H18N4OS/c1-9-3-5-11(6-4-9)13-17-15(19-18-13)21-10(2)14(20)16-12-7-8-12/h3-6,10,12H,7-8H2,1-2H3,(H,16,20)(H,17,18,19)/t10-/m0/s1. The van der Waals surface area contributed by atoms with Gasteiger partial charge in [-0.25, -0.2) is 4.98 Å². The lowest BCUT2D eigenvalue weighted by molar-refractivity contribution is -0.120. The quantitative estimate of drug-likeness (QED) is 0.833. The maximum absolute atomic E-state index is 11.9. The molecule has 1 aromatic heterocycles. The van der Waals surface area contributed by atoms with E-state index in [2.05, 4.69) is 20.5 Å². The molecule has 0 aliphatic heterocycles. The highest BCUT2D eigenvalue weighted by molar-refractivity contribution is 8.00. The summed E-state index contributed by atoms with van der Waals surface area (Å²) < 4.78 is 0. The topological polar surface area (TPSA) is 70.7 Å². The Morgan fingerprint density at radius 3 is 2.76 bits per heavy atom. The maximum atomic E-state index is 11.9. The molecule has 1 aliphatic carbocycles. The number of hydrogen-bond acceptors (Lipinski definition) is 4. The molecule has 1 aliphatic rings. The highest BCUT2D eigenvalue weighted by atomic mass is 32.2. The highest BCUT2D eigenvalue weighted by Gasteiger charge is 2.26. The number of carbonyl (C=O) groups is 1. The third kappa shape index (κ3) is 3.64. The molecule has 1 amide bonds. The molecule has 6 heteroatoms. The molecule has 21 heavy (non-hydrogen) atoms. The van der Waals surface area contributed by atoms with E-state index < -0.39 is 0 Å². The average molecular weight is 302 g/mol. The number of rotatable bonds is 5. The van der Waals surface area contributed by atoms with Crippen molar-refractivity contribution in [2.24, 2.45) is 0 Å². The van der Waals surface area contributed by atoms with Crippen molar-refractivity contribution in [2.75, 3.05) is 0 Å². The first-order chi connectivity index (χ1) is 10.1. The number of aromatic amines is 1. The molecule has 0 unspecified atom stereocenters. The predicted octanol–water partition coefficient (Wildman–Crippen LogP) is 2.54. The number of aromatic nitrogens is 3. The van der Waals surface area contributed by atoms with Crippen LogP contribution in [0.4, 0.5) is 0 Å². The molecule has 0 spiro atoms. The average Bonchev–Trinajstić information content (AvgIpc) is 3.16. The van der Waals surface area contributed by atoms with Gasteiger partial charge in [-0.2, -0.15) is 0 Å².